The fourth-order valence-electron chi connectivity index (χ4n) is 2.70. The lowest BCUT2D eigenvalue weighted by Crippen LogP contribution is -2.68. The second kappa shape index (κ2) is 11.4. The van der Waals surface area contributed by atoms with Crippen LogP contribution in [0.2, 0.25) is 0 Å². The minimum absolute atomic E-state index is 0.178. The molecule has 0 aliphatic rings. The molecule has 176 valence electrons. The van der Waals surface area contributed by atoms with E-state index in [1.165, 1.54) is 0 Å². The summed E-state index contributed by atoms with van der Waals surface area (Å²) in [5.74, 6) is -0.228. The van der Waals surface area contributed by atoms with Gasteiger partial charge in [0, 0.05) is 17.0 Å². The number of carboxylic acid groups (broad SMARTS) is 1. The lowest BCUT2D eigenvalue weighted by Gasteiger charge is -2.17. The Morgan fingerprint density at radius 3 is 2.30 bits per heavy atom. The molecule has 11 nitrogen and oxygen atoms in total. The number of aliphatic carboxylic acids is 1. The lowest BCUT2D eigenvalue weighted by atomic mass is 10.1. The summed E-state index contributed by atoms with van der Waals surface area (Å²) < 4.78 is 45.2. The smallest absolute Gasteiger partial charge is 0.322 e. The molecule has 2 aromatic carbocycles. The molecule has 0 aliphatic heterocycles. The number of carbonyl (C=O) groups excluding carboxylic acids is 1. The van der Waals surface area contributed by atoms with Gasteiger partial charge in [0.2, 0.25) is 5.91 Å². The van der Waals surface area contributed by atoms with E-state index in [2.05, 4.69) is 10.3 Å². The molecule has 0 radical (unpaired) electrons. The minimum Gasteiger partial charge on any atom is -0.497 e. The predicted molar refractivity (Wildman–Crippen MR) is 104 cm³/mol. The van der Waals surface area contributed by atoms with Crippen molar-refractivity contribution in [2.24, 2.45) is 4.99 Å². The maximum atomic E-state index is 11.8. The van der Waals surface area contributed by atoms with Gasteiger partial charge in [0.05, 0.1) is 12.5 Å². The van der Waals surface area contributed by atoms with Crippen LogP contribution < -0.4 is 34.0 Å². The summed E-state index contributed by atoms with van der Waals surface area (Å²) in [5, 5.41) is 12.3. The fraction of sp³-hybridized carbons (Fsp3) is 0.190. The highest BCUT2D eigenvalue weighted by Gasteiger charge is 2.08. The van der Waals surface area contributed by atoms with E-state index in [0.29, 0.717) is 16.7 Å². The van der Waals surface area contributed by atoms with Gasteiger partial charge in [0.1, 0.15) is 30.2 Å². The maximum absolute atomic E-state index is 11.8. The van der Waals surface area contributed by atoms with Crippen LogP contribution >= 0.6 is 0 Å². The third kappa shape index (κ3) is 8.88. The van der Waals surface area contributed by atoms with E-state index in [-0.39, 0.29) is 6.54 Å². The molecule has 1 aromatic heterocycles. The summed E-state index contributed by atoms with van der Waals surface area (Å²) in [5.41, 5.74) is 2.52. The van der Waals surface area contributed by atoms with Crippen LogP contribution in [0.4, 0.5) is 0 Å². The van der Waals surface area contributed by atoms with Crippen molar-refractivity contribution in [3.63, 3.8) is 0 Å². The molecule has 0 saturated carbocycles. The Hall–Kier alpha value is -3.48. The van der Waals surface area contributed by atoms with Crippen LogP contribution in [-0.4, -0.2) is 37.2 Å². The third-order valence-corrected chi connectivity index (χ3v) is 4.10. The number of ether oxygens (including phenoxy) is 1. The second-order valence-corrected chi connectivity index (χ2v) is 7.34. The molecule has 1 heterocycles. The molecule has 3 rings (SSSR count). The number of halogens is 1. The van der Waals surface area contributed by atoms with Crippen LogP contribution in [-0.2, 0) is 9.59 Å². The predicted octanol–water partition coefficient (Wildman–Crippen LogP) is -2.24. The number of carbonyl (C=O) groups is 2. The Labute approximate surface area is 189 Å². The van der Waals surface area contributed by atoms with E-state index in [1.807, 2.05) is 49.4 Å². The van der Waals surface area contributed by atoms with Gasteiger partial charge in [-0.1, -0.05) is 11.6 Å². The number of hydrogen-bond acceptors (Lipinski definition) is 9. The number of fused-ring (bicyclic) bond motifs is 1. The molecule has 0 spiro atoms. The van der Waals surface area contributed by atoms with E-state index in [0.717, 1.165) is 22.3 Å². The maximum Gasteiger partial charge on any atom is 0.322 e. The van der Waals surface area contributed by atoms with Crippen molar-refractivity contribution in [1.82, 2.24) is 5.32 Å². The molecule has 3 aromatic rings. The number of hydrogen-bond donors (Lipinski definition) is 2. The molecule has 1 amide bonds. The molecule has 0 fully saturated rings. The van der Waals surface area contributed by atoms with Crippen molar-refractivity contribution in [2.45, 2.75) is 6.92 Å². The van der Waals surface area contributed by atoms with E-state index in [4.69, 9.17) is 32.9 Å². The van der Waals surface area contributed by atoms with Gasteiger partial charge < -0.3 is 19.6 Å². The van der Waals surface area contributed by atoms with Gasteiger partial charge in [-0.05, 0) is 43.3 Å². The average Bonchev–Trinajstić information content (AvgIpc) is 2.75. The molecule has 0 saturated heterocycles. The summed E-state index contributed by atoms with van der Waals surface area (Å²) >= 11 is 0. The van der Waals surface area contributed by atoms with Crippen molar-refractivity contribution in [3.8, 4) is 17.1 Å². The Balaban J connectivity index is 0.000000696. The number of amides is 1. The normalized spacial score (nSPS) is 11.5. The lowest BCUT2D eigenvalue weighted by molar-refractivity contribution is -2.00. The summed E-state index contributed by atoms with van der Waals surface area (Å²) in [6, 6.07) is 14.9. The first kappa shape index (κ1) is 25.8. The van der Waals surface area contributed by atoms with Crippen LogP contribution in [0.25, 0.3) is 22.3 Å². The highest BCUT2D eigenvalue weighted by Crippen LogP contribution is 2.24. The first-order valence-electron chi connectivity index (χ1n) is 9.26. The van der Waals surface area contributed by atoms with Crippen molar-refractivity contribution in [2.75, 3.05) is 20.2 Å². The highest BCUT2D eigenvalue weighted by molar-refractivity contribution is 5.83. The fourth-order valence-corrected chi connectivity index (χ4v) is 2.70. The van der Waals surface area contributed by atoms with Crippen molar-refractivity contribution < 1.29 is 52.7 Å². The number of rotatable bonds is 6. The van der Waals surface area contributed by atoms with Crippen molar-refractivity contribution in [3.05, 3.63) is 59.5 Å². The standard InChI is InChI=1S/C21H20N2O5.ClHO4/c1-13-3-8-18-16(9-13)17(22-11-20(24)23-12-21(25)26)10-19(28-18)14-4-6-15(27-2)7-5-14;2-1(3,4)5/h3-10H,11-12H2,1-2H3,(H,23,24)(H,25,26);(H,2,3,4,5)/p-1. The van der Waals surface area contributed by atoms with Crippen LogP contribution in [0.3, 0.4) is 0 Å². The van der Waals surface area contributed by atoms with Crippen molar-refractivity contribution >= 4 is 22.8 Å². The molecule has 0 unspecified atom stereocenters. The molecular weight excluding hydrogens is 460 g/mol. The zero-order valence-electron chi connectivity index (χ0n) is 17.6. The average molecular weight is 480 g/mol. The van der Waals surface area contributed by atoms with Gasteiger partial charge in [-0.15, -0.1) is 10.2 Å². The number of carboxylic acids is 1. The summed E-state index contributed by atoms with van der Waals surface area (Å²) in [7, 11) is -3.34. The molecule has 0 aliphatic carbocycles. The minimum atomic E-state index is -4.94. The molecule has 33 heavy (non-hydrogen) atoms. The largest absolute Gasteiger partial charge is 0.497 e. The Bertz CT molecular complexity index is 1180. The van der Waals surface area contributed by atoms with Gasteiger partial charge >= 0.3 is 5.97 Å². The highest BCUT2D eigenvalue weighted by atomic mass is 35.7. The Morgan fingerprint density at radius 1 is 1.09 bits per heavy atom. The summed E-state index contributed by atoms with van der Waals surface area (Å²) in [6.45, 7) is 1.35. The SMILES string of the molecule is COc1ccc(-c2cc(=NCC(=O)NCC(=O)O)c3cc(C)ccc3o2)cc1.[O-][Cl+3]([O-])([O-])[O-]. The van der Waals surface area contributed by atoms with E-state index < -0.39 is 28.7 Å². The monoisotopic (exact) mass is 479 g/mol. The number of methoxy groups -OCH3 is 1. The van der Waals surface area contributed by atoms with Gasteiger partial charge in [-0.3, -0.25) is 14.6 Å². The van der Waals surface area contributed by atoms with Crippen LogP contribution in [0.15, 0.2) is 57.9 Å². The molecule has 2 N–H and O–H groups in total. The Kier molecular flexibility index (Phi) is 8.91. The quantitative estimate of drug-likeness (QED) is 0.393. The first-order chi connectivity index (χ1) is 15.5. The summed E-state index contributed by atoms with van der Waals surface area (Å²) in [4.78, 5) is 26.8. The zero-order valence-corrected chi connectivity index (χ0v) is 18.3. The summed E-state index contributed by atoms with van der Waals surface area (Å²) in [6.07, 6.45) is 0. The van der Waals surface area contributed by atoms with Crippen LogP contribution in [0.5, 0.6) is 5.75 Å². The molecule has 12 heteroatoms. The second-order valence-electron chi connectivity index (χ2n) is 6.59. The van der Waals surface area contributed by atoms with Gasteiger partial charge in [0.15, 0.2) is 0 Å². The number of aryl methyl sites for hydroxylation is 1. The van der Waals surface area contributed by atoms with Crippen molar-refractivity contribution in [1.29, 1.82) is 0 Å². The third-order valence-electron chi connectivity index (χ3n) is 4.10. The van der Waals surface area contributed by atoms with Gasteiger partial charge in [0.25, 0.3) is 0 Å². The molecule has 0 bridgehead atoms. The van der Waals surface area contributed by atoms with Gasteiger partial charge in [-0.2, -0.15) is 0 Å². The zero-order chi connectivity index (χ0) is 24.6. The van der Waals surface area contributed by atoms with E-state index in [1.54, 1.807) is 13.2 Å². The molecular formula is C21H20ClN2O9-. The topological polar surface area (TPSA) is 193 Å². The Morgan fingerprint density at radius 2 is 1.73 bits per heavy atom. The van der Waals surface area contributed by atoms with E-state index in [9.17, 15) is 9.59 Å². The van der Waals surface area contributed by atoms with Crippen LogP contribution in [0, 0.1) is 17.2 Å². The number of nitrogens with zero attached hydrogens (tertiary/aromatic N) is 1. The molecule has 0 atom stereocenters. The van der Waals surface area contributed by atoms with Crippen LogP contribution in [0.1, 0.15) is 5.56 Å². The number of nitrogens with one attached hydrogen (secondary N) is 1. The van der Waals surface area contributed by atoms with Gasteiger partial charge in [-0.25, -0.2) is 18.6 Å². The first-order valence-corrected chi connectivity index (χ1v) is 10.5. The number of benzene rings is 2. The van der Waals surface area contributed by atoms with E-state index >= 15 is 0 Å².